The molecule has 0 fully saturated rings. The van der Waals surface area contributed by atoms with Crippen LogP contribution in [-0.4, -0.2) is 16.1 Å². The summed E-state index contributed by atoms with van der Waals surface area (Å²) in [6.07, 6.45) is 3.12. The van der Waals surface area contributed by atoms with Gasteiger partial charge >= 0.3 is 0 Å². The fourth-order valence-corrected chi connectivity index (χ4v) is 1.88. The molecule has 0 aliphatic heterocycles. The van der Waals surface area contributed by atoms with E-state index in [0.29, 0.717) is 16.3 Å². The number of carbonyl (C=O) groups excluding carboxylic acids is 1. The normalized spacial score (nSPS) is 10.1. The van der Waals surface area contributed by atoms with Gasteiger partial charge in [-0.1, -0.05) is 11.6 Å². The van der Waals surface area contributed by atoms with Crippen molar-refractivity contribution in [3.8, 4) is 0 Å². The van der Waals surface area contributed by atoms with Crippen molar-refractivity contribution < 1.29 is 4.79 Å². The van der Waals surface area contributed by atoms with Crippen LogP contribution in [0.1, 0.15) is 10.4 Å². The fourth-order valence-electron chi connectivity index (χ4n) is 1.19. The standard InChI is InChI=1S/C10H7ClIN3O/c11-9-2-1-6(12)3-8(9)10(16)15-7-4-13-14-5-7/h1-5H,(H,13,14)(H,15,16). The lowest BCUT2D eigenvalue weighted by molar-refractivity contribution is 0.102. The number of H-pyrrole nitrogens is 1. The first kappa shape index (κ1) is 11.4. The van der Waals surface area contributed by atoms with Gasteiger partial charge < -0.3 is 5.32 Å². The molecule has 6 heteroatoms. The van der Waals surface area contributed by atoms with E-state index in [9.17, 15) is 4.79 Å². The predicted octanol–water partition coefficient (Wildman–Crippen LogP) is 2.92. The molecule has 1 heterocycles. The number of rotatable bonds is 2. The number of aromatic nitrogens is 2. The van der Waals surface area contributed by atoms with Crippen LogP contribution in [0.25, 0.3) is 0 Å². The Bertz CT molecular complexity index is 513. The zero-order valence-corrected chi connectivity index (χ0v) is 10.9. The average Bonchev–Trinajstić information content (AvgIpc) is 2.74. The van der Waals surface area contributed by atoms with Gasteiger partial charge in [0.25, 0.3) is 5.91 Å². The van der Waals surface area contributed by atoms with E-state index in [-0.39, 0.29) is 5.91 Å². The van der Waals surface area contributed by atoms with Crippen LogP contribution in [-0.2, 0) is 0 Å². The summed E-state index contributed by atoms with van der Waals surface area (Å²) in [6.45, 7) is 0. The monoisotopic (exact) mass is 347 g/mol. The molecule has 1 aromatic carbocycles. The molecule has 0 unspecified atom stereocenters. The Kier molecular flexibility index (Phi) is 3.45. The van der Waals surface area contributed by atoms with Gasteiger partial charge in [0.05, 0.1) is 22.5 Å². The molecule has 0 saturated carbocycles. The second-order valence-electron chi connectivity index (χ2n) is 3.07. The van der Waals surface area contributed by atoms with Gasteiger partial charge in [-0.2, -0.15) is 5.10 Å². The summed E-state index contributed by atoms with van der Waals surface area (Å²) < 4.78 is 0.958. The quantitative estimate of drug-likeness (QED) is 0.821. The number of anilines is 1. The Morgan fingerprint density at radius 3 is 3.00 bits per heavy atom. The molecule has 0 spiro atoms. The van der Waals surface area contributed by atoms with Crippen molar-refractivity contribution in [3.05, 3.63) is 44.7 Å². The van der Waals surface area contributed by atoms with Gasteiger partial charge in [0.15, 0.2) is 0 Å². The first-order valence-corrected chi connectivity index (χ1v) is 5.87. The van der Waals surface area contributed by atoms with E-state index in [1.807, 2.05) is 6.07 Å². The topological polar surface area (TPSA) is 57.8 Å². The zero-order valence-electron chi connectivity index (χ0n) is 8.00. The first-order chi connectivity index (χ1) is 7.66. The molecule has 4 nitrogen and oxygen atoms in total. The van der Waals surface area contributed by atoms with Gasteiger partial charge in [0, 0.05) is 9.77 Å². The molecule has 0 saturated heterocycles. The Morgan fingerprint density at radius 2 is 2.31 bits per heavy atom. The molecule has 2 N–H and O–H groups in total. The minimum absolute atomic E-state index is 0.245. The molecule has 0 atom stereocenters. The van der Waals surface area contributed by atoms with Crippen molar-refractivity contribution >= 4 is 45.8 Å². The number of amides is 1. The third kappa shape index (κ3) is 2.53. The van der Waals surface area contributed by atoms with Crippen LogP contribution in [0, 0.1) is 3.57 Å². The lowest BCUT2D eigenvalue weighted by Gasteiger charge is -2.04. The summed E-state index contributed by atoms with van der Waals surface area (Å²) in [6, 6.07) is 5.28. The van der Waals surface area contributed by atoms with Gasteiger partial charge in [-0.15, -0.1) is 0 Å². The van der Waals surface area contributed by atoms with E-state index in [1.54, 1.807) is 18.3 Å². The van der Waals surface area contributed by atoms with Gasteiger partial charge in [-0.25, -0.2) is 0 Å². The van der Waals surface area contributed by atoms with E-state index < -0.39 is 0 Å². The summed E-state index contributed by atoms with van der Waals surface area (Å²) in [5.74, 6) is -0.245. The summed E-state index contributed by atoms with van der Waals surface area (Å²) in [5, 5.41) is 9.47. The predicted molar refractivity (Wildman–Crippen MR) is 70.7 cm³/mol. The van der Waals surface area contributed by atoms with E-state index in [2.05, 4.69) is 38.1 Å². The van der Waals surface area contributed by atoms with Gasteiger partial charge in [0.1, 0.15) is 0 Å². The number of nitrogens with zero attached hydrogens (tertiary/aromatic N) is 1. The first-order valence-electron chi connectivity index (χ1n) is 4.42. The molecule has 1 aromatic heterocycles. The van der Waals surface area contributed by atoms with Crippen molar-refractivity contribution in [2.45, 2.75) is 0 Å². The second kappa shape index (κ2) is 4.84. The number of hydrogen-bond donors (Lipinski definition) is 2. The second-order valence-corrected chi connectivity index (χ2v) is 4.72. The average molecular weight is 348 g/mol. The zero-order chi connectivity index (χ0) is 11.5. The SMILES string of the molecule is O=C(Nc1cn[nH]c1)c1cc(I)ccc1Cl. The van der Waals surface area contributed by atoms with Crippen LogP contribution >= 0.6 is 34.2 Å². The maximum Gasteiger partial charge on any atom is 0.257 e. The van der Waals surface area contributed by atoms with Crippen molar-refractivity contribution in [1.29, 1.82) is 0 Å². The molecule has 0 aliphatic carbocycles. The highest BCUT2D eigenvalue weighted by atomic mass is 127. The lowest BCUT2D eigenvalue weighted by Crippen LogP contribution is -2.12. The van der Waals surface area contributed by atoms with Crippen molar-refractivity contribution in [1.82, 2.24) is 10.2 Å². The summed E-state index contributed by atoms with van der Waals surface area (Å²) in [7, 11) is 0. The molecule has 0 radical (unpaired) electrons. The highest BCUT2D eigenvalue weighted by Crippen LogP contribution is 2.19. The van der Waals surface area contributed by atoms with Crippen LogP contribution in [0.15, 0.2) is 30.6 Å². The molecule has 2 aromatic rings. The lowest BCUT2D eigenvalue weighted by atomic mass is 10.2. The highest BCUT2D eigenvalue weighted by molar-refractivity contribution is 14.1. The fraction of sp³-hybridized carbons (Fsp3) is 0. The molecule has 82 valence electrons. The molecule has 2 rings (SSSR count). The van der Waals surface area contributed by atoms with Crippen LogP contribution in [0.5, 0.6) is 0 Å². The number of aromatic amines is 1. The van der Waals surface area contributed by atoms with Crippen LogP contribution < -0.4 is 5.32 Å². The molecular formula is C10H7ClIN3O. The van der Waals surface area contributed by atoms with Gasteiger partial charge in [-0.3, -0.25) is 9.89 Å². The van der Waals surface area contributed by atoms with Crippen molar-refractivity contribution in [2.24, 2.45) is 0 Å². The highest BCUT2D eigenvalue weighted by Gasteiger charge is 2.11. The number of carbonyl (C=O) groups is 1. The van der Waals surface area contributed by atoms with Gasteiger partial charge in [-0.05, 0) is 40.8 Å². The number of benzene rings is 1. The summed E-state index contributed by atoms with van der Waals surface area (Å²) in [5.41, 5.74) is 1.06. The largest absolute Gasteiger partial charge is 0.319 e. The third-order valence-corrected chi connectivity index (χ3v) is 2.93. The van der Waals surface area contributed by atoms with Crippen molar-refractivity contribution in [2.75, 3.05) is 5.32 Å². The minimum Gasteiger partial charge on any atom is -0.319 e. The van der Waals surface area contributed by atoms with Crippen molar-refractivity contribution in [3.63, 3.8) is 0 Å². The molecule has 0 bridgehead atoms. The minimum atomic E-state index is -0.245. The van der Waals surface area contributed by atoms with Crippen LogP contribution in [0.4, 0.5) is 5.69 Å². The Labute approximate surface area is 111 Å². The number of halogens is 2. The number of nitrogens with one attached hydrogen (secondary N) is 2. The van der Waals surface area contributed by atoms with E-state index in [0.717, 1.165) is 3.57 Å². The van der Waals surface area contributed by atoms with E-state index in [4.69, 9.17) is 11.6 Å². The van der Waals surface area contributed by atoms with Crippen LogP contribution in [0.3, 0.4) is 0 Å². The van der Waals surface area contributed by atoms with E-state index in [1.165, 1.54) is 6.20 Å². The maximum absolute atomic E-state index is 11.8. The summed E-state index contributed by atoms with van der Waals surface area (Å²) >= 11 is 8.07. The Morgan fingerprint density at radius 1 is 1.50 bits per heavy atom. The van der Waals surface area contributed by atoms with E-state index >= 15 is 0 Å². The molecule has 16 heavy (non-hydrogen) atoms. The van der Waals surface area contributed by atoms with Crippen LogP contribution in [0.2, 0.25) is 5.02 Å². The Balaban J connectivity index is 2.24. The third-order valence-electron chi connectivity index (χ3n) is 1.93. The summed E-state index contributed by atoms with van der Waals surface area (Å²) in [4.78, 5) is 11.8. The molecular weight excluding hydrogens is 340 g/mol. The molecule has 1 amide bonds. The maximum atomic E-state index is 11.8. The Hall–Kier alpha value is -1.08. The van der Waals surface area contributed by atoms with Gasteiger partial charge in [0.2, 0.25) is 0 Å². The molecule has 0 aliphatic rings. The number of hydrogen-bond acceptors (Lipinski definition) is 2. The smallest absolute Gasteiger partial charge is 0.257 e.